The number of amides is 2. The number of nitrogens with zero attached hydrogens (tertiary/aromatic N) is 3. The number of carbonyl (C=O) groups excluding carboxylic acids is 2. The summed E-state index contributed by atoms with van der Waals surface area (Å²) in [7, 11) is 0. The van der Waals surface area contributed by atoms with Crippen molar-refractivity contribution in [3.8, 4) is 0 Å². The maximum Gasteiger partial charge on any atom is 0.268 e. The van der Waals surface area contributed by atoms with Crippen molar-refractivity contribution in [3.63, 3.8) is 0 Å². The normalized spacial score (nSPS) is 15.3. The van der Waals surface area contributed by atoms with E-state index in [9.17, 15) is 9.59 Å². The van der Waals surface area contributed by atoms with Crippen LogP contribution in [-0.4, -0.2) is 21.4 Å². The molecule has 1 aliphatic carbocycles. The van der Waals surface area contributed by atoms with E-state index in [0.717, 1.165) is 22.5 Å². The summed E-state index contributed by atoms with van der Waals surface area (Å²) in [5.74, 6) is 0.443. The average Bonchev–Trinajstić information content (AvgIpc) is 3.29. The first-order chi connectivity index (χ1) is 18.7. The number of nitrogens with one attached hydrogen (secondary N) is 1. The SMILES string of the molecule is O=C(NCc1cccnc1)c1ccc2n1Cc1ccccc1N(C(=O)c1ccc(C3CCCCC3)cc1)C2. The molecule has 1 fully saturated rings. The van der Waals surface area contributed by atoms with Crippen molar-refractivity contribution in [3.05, 3.63) is 119 Å². The molecular weight excluding hydrogens is 472 g/mol. The van der Waals surface area contributed by atoms with E-state index < -0.39 is 0 Å². The van der Waals surface area contributed by atoms with Gasteiger partial charge in [-0.25, -0.2) is 0 Å². The summed E-state index contributed by atoms with van der Waals surface area (Å²) in [6.45, 7) is 1.33. The zero-order chi connectivity index (χ0) is 25.9. The van der Waals surface area contributed by atoms with Crippen LogP contribution in [0, 0.1) is 0 Å². The monoisotopic (exact) mass is 504 g/mol. The molecule has 0 spiro atoms. The van der Waals surface area contributed by atoms with Crippen LogP contribution < -0.4 is 10.2 Å². The minimum Gasteiger partial charge on any atom is -0.347 e. The summed E-state index contributed by atoms with van der Waals surface area (Å²) in [5.41, 5.74) is 6.39. The van der Waals surface area contributed by atoms with Crippen LogP contribution >= 0.6 is 0 Å². The third-order valence-electron chi connectivity index (χ3n) is 7.89. The topological polar surface area (TPSA) is 67.2 Å². The van der Waals surface area contributed by atoms with E-state index in [1.807, 2.05) is 70.1 Å². The lowest BCUT2D eigenvalue weighted by Crippen LogP contribution is -2.30. The molecule has 0 unspecified atom stereocenters. The number of benzene rings is 2. The second kappa shape index (κ2) is 10.7. The number of pyridine rings is 1. The van der Waals surface area contributed by atoms with Crippen LogP contribution in [0.1, 0.15) is 81.3 Å². The van der Waals surface area contributed by atoms with Crippen molar-refractivity contribution in [1.29, 1.82) is 0 Å². The van der Waals surface area contributed by atoms with Crippen LogP contribution in [0.25, 0.3) is 0 Å². The van der Waals surface area contributed by atoms with Gasteiger partial charge in [-0.05, 0) is 71.8 Å². The summed E-state index contributed by atoms with van der Waals surface area (Å²) < 4.78 is 2.02. The van der Waals surface area contributed by atoms with Crippen molar-refractivity contribution >= 4 is 17.5 Å². The van der Waals surface area contributed by atoms with Crippen LogP contribution in [0.2, 0.25) is 0 Å². The van der Waals surface area contributed by atoms with Crippen molar-refractivity contribution in [2.75, 3.05) is 4.90 Å². The molecule has 6 heteroatoms. The molecule has 2 aliphatic rings. The van der Waals surface area contributed by atoms with E-state index in [4.69, 9.17) is 0 Å². The third-order valence-corrected chi connectivity index (χ3v) is 7.89. The smallest absolute Gasteiger partial charge is 0.268 e. The predicted molar refractivity (Wildman–Crippen MR) is 148 cm³/mol. The number of aromatic nitrogens is 2. The van der Waals surface area contributed by atoms with Crippen molar-refractivity contribution < 1.29 is 9.59 Å². The average molecular weight is 505 g/mol. The maximum atomic E-state index is 13.8. The fourth-order valence-electron chi connectivity index (χ4n) is 5.80. The van der Waals surface area contributed by atoms with E-state index in [-0.39, 0.29) is 11.8 Å². The molecule has 0 saturated heterocycles. The molecule has 2 amide bonds. The number of rotatable bonds is 5. The minimum absolute atomic E-state index is 0.0233. The molecule has 0 radical (unpaired) electrons. The van der Waals surface area contributed by atoms with Gasteiger partial charge in [0.1, 0.15) is 5.69 Å². The molecule has 4 aromatic rings. The van der Waals surface area contributed by atoms with E-state index in [0.29, 0.717) is 36.8 Å². The van der Waals surface area contributed by atoms with Gasteiger partial charge in [-0.2, -0.15) is 0 Å². The Balaban J connectivity index is 1.25. The highest BCUT2D eigenvalue weighted by molar-refractivity contribution is 6.06. The molecule has 0 bridgehead atoms. The highest BCUT2D eigenvalue weighted by Gasteiger charge is 2.27. The highest BCUT2D eigenvalue weighted by Crippen LogP contribution is 2.34. The van der Waals surface area contributed by atoms with Gasteiger partial charge in [0.05, 0.1) is 13.1 Å². The molecule has 0 atom stereocenters. The van der Waals surface area contributed by atoms with Gasteiger partial charge in [0.25, 0.3) is 11.8 Å². The first kappa shape index (κ1) is 24.2. The van der Waals surface area contributed by atoms with E-state index in [2.05, 4.69) is 22.4 Å². The highest BCUT2D eigenvalue weighted by atomic mass is 16.2. The first-order valence-corrected chi connectivity index (χ1v) is 13.5. The quantitative estimate of drug-likeness (QED) is 0.359. The molecular formula is C32H32N4O2. The van der Waals surface area contributed by atoms with Gasteiger partial charge in [-0.15, -0.1) is 0 Å². The lowest BCUT2D eigenvalue weighted by Gasteiger charge is -2.24. The van der Waals surface area contributed by atoms with Crippen LogP contribution in [0.15, 0.2) is 85.2 Å². The number of hydrogen-bond acceptors (Lipinski definition) is 3. The minimum atomic E-state index is -0.143. The Morgan fingerprint density at radius 1 is 0.868 bits per heavy atom. The lowest BCUT2D eigenvalue weighted by atomic mass is 9.84. The van der Waals surface area contributed by atoms with Gasteiger partial charge in [0, 0.05) is 35.9 Å². The lowest BCUT2D eigenvalue weighted by molar-refractivity contribution is 0.0941. The molecule has 3 heterocycles. The standard InChI is InChI=1S/C32H32N4O2/c37-31(34-20-23-7-6-18-33-19-23)30-17-16-28-22-36(29-11-5-4-10-27(29)21-35(28)30)32(38)26-14-12-25(13-15-26)24-8-2-1-3-9-24/h4-7,10-19,24H,1-3,8-9,20-22H2,(H,34,37). The Hall–Kier alpha value is -4.19. The van der Waals surface area contributed by atoms with Crippen LogP contribution in [-0.2, 0) is 19.6 Å². The Labute approximate surface area is 223 Å². The Bertz CT molecular complexity index is 1440. The molecule has 1 saturated carbocycles. The molecule has 2 aromatic heterocycles. The second-order valence-electron chi connectivity index (χ2n) is 10.3. The van der Waals surface area contributed by atoms with Gasteiger partial charge in [0.15, 0.2) is 0 Å². The van der Waals surface area contributed by atoms with Gasteiger partial charge in [-0.3, -0.25) is 14.6 Å². The molecule has 1 aliphatic heterocycles. The molecule has 38 heavy (non-hydrogen) atoms. The van der Waals surface area contributed by atoms with Gasteiger partial charge < -0.3 is 14.8 Å². The summed E-state index contributed by atoms with van der Waals surface area (Å²) in [6.07, 6.45) is 9.85. The molecule has 192 valence electrons. The summed E-state index contributed by atoms with van der Waals surface area (Å²) in [4.78, 5) is 33.0. The Morgan fingerprint density at radius 3 is 2.47 bits per heavy atom. The fraction of sp³-hybridized carbons (Fsp3) is 0.281. The van der Waals surface area contributed by atoms with E-state index in [1.54, 1.807) is 12.4 Å². The molecule has 2 aromatic carbocycles. The number of hydrogen-bond donors (Lipinski definition) is 1. The molecule has 1 N–H and O–H groups in total. The Kier molecular flexibility index (Phi) is 6.78. The van der Waals surface area contributed by atoms with E-state index >= 15 is 0 Å². The number of para-hydroxylation sites is 1. The number of carbonyl (C=O) groups is 2. The fourth-order valence-corrected chi connectivity index (χ4v) is 5.80. The van der Waals surface area contributed by atoms with Gasteiger partial charge >= 0.3 is 0 Å². The number of anilines is 1. The largest absolute Gasteiger partial charge is 0.347 e. The number of fused-ring (bicyclic) bond motifs is 2. The molecule has 6 rings (SSSR count). The van der Waals surface area contributed by atoms with E-state index in [1.165, 1.54) is 37.7 Å². The third kappa shape index (κ3) is 4.86. The second-order valence-corrected chi connectivity index (χ2v) is 10.3. The zero-order valence-electron chi connectivity index (χ0n) is 21.5. The van der Waals surface area contributed by atoms with Gasteiger partial charge in [-0.1, -0.05) is 55.7 Å². The predicted octanol–water partition coefficient (Wildman–Crippen LogP) is 6.07. The zero-order valence-corrected chi connectivity index (χ0v) is 21.5. The van der Waals surface area contributed by atoms with Gasteiger partial charge in [0.2, 0.25) is 0 Å². The summed E-state index contributed by atoms with van der Waals surface area (Å²) in [6, 6.07) is 23.8. The summed E-state index contributed by atoms with van der Waals surface area (Å²) >= 11 is 0. The van der Waals surface area contributed by atoms with Crippen LogP contribution in [0.5, 0.6) is 0 Å². The van der Waals surface area contributed by atoms with Crippen molar-refractivity contribution in [2.24, 2.45) is 0 Å². The van der Waals surface area contributed by atoms with Crippen LogP contribution in [0.4, 0.5) is 5.69 Å². The Morgan fingerprint density at radius 2 is 1.68 bits per heavy atom. The van der Waals surface area contributed by atoms with Crippen molar-refractivity contribution in [2.45, 2.75) is 57.7 Å². The maximum absolute atomic E-state index is 13.8. The summed E-state index contributed by atoms with van der Waals surface area (Å²) in [5, 5.41) is 3.01. The molecule has 6 nitrogen and oxygen atoms in total. The van der Waals surface area contributed by atoms with Crippen LogP contribution in [0.3, 0.4) is 0 Å². The first-order valence-electron chi connectivity index (χ1n) is 13.5. The van der Waals surface area contributed by atoms with Crippen molar-refractivity contribution in [1.82, 2.24) is 14.9 Å².